The summed E-state index contributed by atoms with van der Waals surface area (Å²) in [6, 6.07) is 13.6. The lowest BCUT2D eigenvalue weighted by atomic mass is 9.81. The van der Waals surface area contributed by atoms with Crippen LogP contribution in [0.4, 0.5) is 0 Å². The van der Waals surface area contributed by atoms with Crippen LogP contribution in [-0.4, -0.2) is 26.7 Å². The summed E-state index contributed by atoms with van der Waals surface area (Å²) >= 11 is 0. The monoisotopic (exact) mass is 415 g/mol. The zero-order valence-electron chi connectivity index (χ0n) is 17.3. The molecule has 2 aromatic carbocycles. The van der Waals surface area contributed by atoms with Gasteiger partial charge in [0.15, 0.2) is 0 Å². The number of nitrogens with zero attached hydrogens (tertiary/aromatic N) is 1. The first-order valence-corrected chi connectivity index (χ1v) is 11.2. The summed E-state index contributed by atoms with van der Waals surface area (Å²) in [4.78, 5) is 24.1. The number of hydrogen-bond acceptors (Lipinski definition) is 2. The van der Waals surface area contributed by atoms with Crippen LogP contribution >= 0.6 is 0 Å². The van der Waals surface area contributed by atoms with E-state index in [1.165, 1.54) is 24.8 Å². The number of hydrogen-bond donors (Lipinski definition) is 2. The first-order valence-electron chi connectivity index (χ1n) is 11.2. The van der Waals surface area contributed by atoms with Crippen LogP contribution in [0.15, 0.2) is 42.5 Å². The van der Waals surface area contributed by atoms with Gasteiger partial charge < -0.3 is 14.8 Å². The van der Waals surface area contributed by atoms with E-state index in [-0.39, 0.29) is 11.5 Å². The second kappa shape index (κ2) is 6.46. The summed E-state index contributed by atoms with van der Waals surface area (Å²) in [5.41, 5.74) is 4.96. The zero-order valence-corrected chi connectivity index (χ0v) is 17.3. The molecule has 0 saturated heterocycles. The summed E-state index contributed by atoms with van der Waals surface area (Å²) in [6.45, 7) is 0.392. The van der Waals surface area contributed by atoms with E-state index in [0.29, 0.717) is 18.9 Å². The highest BCUT2D eigenvalue weighted by Gasteiger charge is 2.63. The Labute approximate surface area is 180 Å². The molecular weight excluding hydrogens is 390 g/mol. The van der Waals surface area contributed by atoms with E-state index in [1.54, 1.807) is 12.1 Å². The molecule has 1 aromatic heterocycles. The van der Waals surface area contributed by atoms with E-state index >= 15 is 0 Å². The number of fused-ring (bicyclic) bond motifs is 7. The molecule has 3 aromatic rings. The minimum absolute atomic E-state index is 0.0120. The topological polar surface area (TPSA) is 79.5 Å². The Hall–Kier alpha value is -3.08. The highest BCUT2D eigenvalue weighted by atomic mass is 16.4. The van der Waals surface area contributed by atoms with E-state index in [1.807, 2.05) is 18.2 Å². The molecule has 0 radical (unpaired) electrons. The molecule has 0 amide bonds. The fourth-order valence-electron chi connectivity index (χ4n) is 6.26. The van der Waals surface area contributed by atoms with Gasteiger partial charge in [0.1, 0.15) is 0 Å². The standard InChI is InChI=1S/C26H25NO4/c28-24(29)16-10-11-19-21(12-16)27-14-26(25(30)31)13-20(26)17-8-4-5-9-18(17)23(27)22(19)15-6-2-1-3-7-15/h4-5,8-12,15,20H,1-3,6-7,13-14H2,(H,28,29)(H,30,31). The van der Waals surface area contributed by atoms with E-state index in [9.17, 15) is 19.8 Å². The maximum absolute atomic E-state index is 12.4. The van der Waals surface area contributed by atoms with Gasteiger partial charge in [-0.2, -0.15) is 0 Å². The Bertz CT molecular complexity index is 1250. The second-order valence-electron chi connectivity index (χ2n) is 9.53. The minimum atomic E-state index is -0.956. The summed E-state index contributed by atoms with van der Waals surface area (Å²) in [5.74, 6) is -1.28. The number of carbonyl (C=O) groups is 2. The predicted molar refractivity (Wildman–Crippen MR) is 118 cm³/mol. The van der Waals surface area contributed by atoms with Gasteiger partial charge in [-0.1, -0.05) is 49.6 Å². The summed E-state index contributed by atoms with van der Waals surface area (Å²) in [6.07, 6.45) is 6.55. The summed E-state index contributed by atoms with van der Waals surface area (Å²) < 4.78 is 2.14. The van der Waals surface area contributed by atoms with Crippen LogP contribution in [0.25, 0.3) is 22.2 Å². The van der Waals surface area contributed by atoms with Crippen LogP contribution in [0.1, 0.15) is 71.8 Å². The van der Waals surface area contributed by atoms with Crippen molar-refractivity contribution in [3.8, 4) is 11.3 Å². The molecule has 31 heavy (non-hydrogen) atoms. The molecule has 2 fully saturated rings. The van der Waals surface area contributed by atoms with Crippen molar-refractivity contribution in [1.82, 2.24) is 4.57 Å². The molecule has 1 aliphatic heterocycles. The van der Waals surface area contributed by atoms with Gasteiger partial charge in [-0.05, 0) is 48.4 Å². The minimum Gasteiger partial charge on any atom is -0.481 e. The van der Waals surface area contributed by atoms with Crippen molar-refractivity contribution in [1.29, 1.82) is 0 Å². The van der Waals surface area contributed by atoms with Crippen molar-refractivity contribution in [2.75, 3.05) is 0 Å². The summed E-state index contributed by atoms with van der Waals surface area (Å²) in [5, 5.41) is 20.9. The molecule has 0 bridgehead atoms. The van der Waals surface area contributed by atoms with Crippen molar-refractivity contribution >= 4 is 22.8 Å². The fraction of sp³-hybridized carbons (Fsp3) is 0.385. The number of rotatable bonds is 3. The number of benzene rings is 2. The highest BCUT2D eigenvalue weighted by Crippen LogP contribution is 2.65. The number of aromatic carboxylic acids is 1. The number of carboxylic acid groups (broad SMARTS) is 2. The smallest absolute Gasteiger partial charge is 0.335 e. The van der Waals surface area contributed by atoms with Gasteiger partial charge in [-0.3, -0.25) is 4.79 Å². The van der Waals surface area contributed by atoms with E-state index in [4.69, 9.17) is 0 Å². The third-order valence-corrected chi connectivity index (χ3v) is 7.90. The third kappa shape index (κ3) is 2.55. The Morgan fingerprint density at radius 1 is 1.00 bits per heavy atom. The predicted octanol–water partition coefficient (Wildman–Crippen LogP) is 5.63. The molecule has 2 aliphatic carbocycles. The average molecular weight is 415 g/mol. The number of carboxylic acids is 2. The molecule has 2 atom stereocenters. The molecular formula is C26H25NO4. The van der Waals surface area contributed by atoms with Gasteiger partial charge in [-0.25, -0.2) is 4.79 Å². The van der Waals surface area contributed by atoms with Gasteiger partial charge in [0.25, 0.3) is 0 Å². The zero-order chi connectivity index (χ0) is 21.3. The first-order chi connectivity index (χ1) is 15.0. The first kappa shape index (κ1) is 18.7. The van der Waals surface area contributed by atoms with Crippen LogP contribution in [0.3, 0.4) is 0 Å². The molecule has 2 unspecified atom stereocenters. The molecule has 2 N–H and O–H groups in total. The Balaban J connectivity index is 1.70. The Morgan fingerprint density at radius 2 is 1.77 bits per heavy atom. The van der Waals surface area contributed by atoms with Crippen molar-refractivity contribution in [3.63, 3.8) is 0 Å². The lowest BCUT2D eigenvalue weighted by molar-refractivity contribution is -0.144. The molecule has 5 heteroatoms. The van der Waals surface area contributed by atoms with Crippen LogP contribution in [0.2, 0.25) is 0 Å². The SMILES string of the molecule is O=C(O)c1ccc2c(C3CCCCC3)c3n(c2c1)CC1(C(=O)O)CC1c1ccccc1-3. The van der Waals surface area contributed by atoms with E-state index < -0.39 is 17.4 Å². The van der Waals surface area contributed by atoms with Gasteiger partial charge in [0.05, 0.1) is 16.7 Å². The molecule has 2 saturated carbocycles. The van der Waals surface area contributed by atoms with Gasteiger partial charge in [0, 0.05) is 28.9 Å². The second-order valence-corrected chi connectivity index (χ2v) is 9.53. The molecule has 158 valence electrons. The molecule has 0 spiro atoms. The maximum atomic E-state index is 12.4. The lowest BCUT2D eigenvalue weighted by Gasteiger charge is -2.24. The molecule has 5 nitrogen and oxygen atoms in total. The van der Waals surface area contributed by atoms with Crippen molar-refractivity contribution in [2.45, 2.75) is 56.9 Å². The fourth-order valence-corrected chi connectivity index (χ4v) is 6.26. The van der Waals surface area contributed by atoms with E-state index in [2.05, 4.69) is 16.7 Å². The lowest BCUT2D eigenvalue weighted by Crippen LogP contribution is -2.22. The van der Waals surface area contributed by atoms with Gasteiger partial charge in [-0.15, -0.1) is 0 Å². The van der Waals surface area contributed by atoms with Crippen LogP contribution in [-0.2, 0) is 11.3 Å². The highest BCUT2D eigenvalue weighted by molar-refractivity contribution is 5.99. The van der Waals surface area contributed by atoms with Crippen molar-refractivity contribution in [2.24, 2.45) is 5.41 Å². The number of aliphatic carboxylic acids is 1. The molecule has 2 heterocycles. The van der Waals surface area contributed by atoms with E-state index in [0.717, 1.165) is 40.6 Å². The Morgan fingerprint density at radius 3 is 2.52 bits per heavy atom. The number of aromatic nitrogens is 1. The third-order valence-electron chi connectivity index (χ3n) is 7.90. The van der Waals surface area contributed by atoms with Crippen LogP contribution < -0.4 is 0 Å². The Kier molecular flexibility index (Phi) is 3.89. The maximum Gasteiger partial charge on any atom is 0.335 e. The van der Waals surface area contributed by atoms with Crippen LogP contribution in [0, 0.1) is 5.41 Å². The molecule has 6 rings (SSSR count). The van der Waals surface area contributed by atoms with Crippen molar-refractivity contribution < 1.29 is 19.8 Å². The van der Waals surface area contributed by atoms with Crippen molar-refractivity contribution in [3.05, 3.63) is 59.2 Å². The molecule has 3 aliphatic rings. The van der Waals surface area contributed by atoms with Crippen LogP contribution in [0.5, 0.6) is 0 Å². The quantitative estimate of drug-likeness (QED) is 0.581. The van der Waals surface area contributed by atoms with Gasteiger partial charge >= 0.3 is 11.9 Å². The normalized spacial score (nSPS) is 24.7. The van der Waals surface area contributed by atoms with Gasteiger partial charge in [0.2, 0.25) is 0 Å². The largest absolute Gasteiger partial charge is 0.481 e. The summed E-state index contributed by atoms with van der Waals surface area (Å²) in [7, 11) is 0. The average Bonchev–Trinajstić information content (AvgIpc) is 3.45.